The van der Waals surface area contributed by atoms with Crippen molar-refractivity contribution in [2.24, 2.45) is 5.73 Å². The van der Waals surface area contributed by atoms with Gasteiger partial charge in [0.05, 0.1) is 29.7 Å². The Morgan fingerprint density at radius 3 is 3.00 bits per heavy atom. The number of hydrogen-bond donors (Lipinski definition) is 1. The summed E-state index contributed by atoms with van der Waals surface area (Å²) in [5.74, 6) is 0. The third-order valence-corrected chi connectivity index (χ3v) is 2.91. The van der Waals surface area contributed by atoms with Gasteiger partial charge in [-0.3, -0.25) is 0 Å². The second-order valence-electron chi connectivity index (χ2n) is 3.33. The lowest BCUT2D eigenvalue weighted by Gasteiger charge is -2.17. The average Bonchev–Trinajstić information content (AvgIpc) is 2.71. The van der Waals surface area contributed by atoms with Crippen LogP contribution in [0, 0.1) is 0 Å². The number of nitrogens with zero attached hydrogens (tertiary/aromatic N) is 2. The molecule has 0 radical (unpaired) electrons. The molecule has 1 aliphatic rings. The van der Waals surface area contributed by atoms with Crippen LogP contribution in [0.5, 0.6) is 0 Å². The molecule has 0 saturated carbocycles. The third kappa shape index (κ3) is 1.95. The highest BCUT2D eigenvalue weighted by molar-refractivity contribution is 6.99. The molecule has 0 saturated heterocycles. The Balaban J connectivity index is 2.12. The molecule has 1 aliphatic carbocycles. The number of nitrogens with two attached hydrogens (primary N) is 1. The molecule has 1 unspecified atom stereocenters. The van der Waals surface area contributed by atoms with Crippen molar-refractivity contribution in [2.45, 2.75) is 31.7 Å². The average molecular weight is 195 g/mol. The lowest BCUT2D eigenvalue weighted by atomic mass is 9.93. The summed E-state index contributed by atoms with van der Waals surface area (Å²) in [5, 5.41) is 0. The standard InChI is InChI=1S/C9H13N3S/c10-9(8-6-11-13-12-8)7-4-2-1-3-5-7/h4,6,9H,1-3,5,10H2. The van der Waals surface area contributed by atoms with Gasteiger partial charge in [-0.2, -0.15) is 8.75 Å². The van der Waals surface area contributed by atoms with Crippen LogP contribution in [0.15, 0.2) is 17.8 Å². The number of aromatic nitrogens is 2. The van der Waals surface area contributed by atoms with E-state index in [9.17, 15) is 0 Å². The van der Waals surface area contributed by atoms with Crippen molar-refractivity contribution in [3.63, 3.8) is 0 Å². The minimum atomic E-state index is -0.0148. The zero-order chi connectivity index (χ0) is 9.10. The Morgan fingerprint density at radius 1 is 1.46 bits per heavy atom. The van der Waals surface area contributed by atoms with Crippen LogP contribution in [0.1, 0.15) is 37.4 Å². The monoisotopic (exact) mass is 195 g/mol. The van der Waals surface area contributed by atoms with Crippen molar-refractivity contribution in [1.29, 1.82) is 0 Å². The summed E-state index contributed by atoms with van der Waals surface area (Å²) in [4.78, 5) is 0. The Morgan fingerprint density at radius 2 is 2.38 bits per heavy atom. The fourth-order valence-corrected chi connectivity index (χ4v) is 2.10. The van der Waals surface area contributed by atoms with Gasteiger partial charge in [0.2, 0.25) is 0 Å². The van der Waals surface area contributed by atoms with Gasteiger partial charge < -0.3 is 5.73 Å². The minimum absolute atomic E-state index is 0.0148. The highest BCUT2D eigenvalue weighted by Crippen LogP contribution is 2.26. The molecule has 1 atom stereocenters. The van der Waals surface area contributed by atoms with Crippen molar-refractivity contribution in [2.75, 3.05) is 0 Å². The molecule has 1 heterocycles. The Kier molecular flexibility index (Phi) is 2.71. The summed E-state index contributed by atoms with van der Waals surface area (Å²) < 4.78 is 8.12. The second-order valence-corrected chi connectivity index (χ2v) is 3.89. The first kappa shape index (κ1) is 8.84. The second kappa shape index (κ2) is 3.98. The molecule has 0 aromatic carbocycles. The maximum atomic E-state index is 6.05. The zero-order valence-electron chi connectivity index (χ0n) is 7.44. The molecule has 0 spiro atoms. The van der Waals surface area contributed by atoms with Crippen molar-refractivity contribution >= 4 is 11.7 Å². The van der Waals surface area contributed by atoms with E-state index in [4.69, 9.17) is 5.73 Å². The number of hydrogen-bond acceptors (Lipinski definition) is 4. The number of rotatable bonds is 2. The fourth-order valence-electron chi connectivity index (χ4n) is 1.64. The largest absolute Gasteiger partial charge is 0.319 e. The Hall–Kier alpha value is -0.740. The summed E-state index contributed by atoms with van der Waals surface area (Å²) in [6.45, 7) is 0. The van der Waals surface area contributed by atoms with Crippen LogP contribution in [0.3, 0.4) is 0 Å². The summed E-state index contributed by atoms with van der Waals surface area (Å²) in [6, 6.07) is -0.0148. The molecular formula is C9H13N3S. The molecule has 1 aromatic rings. The van der Waals surface area contributed by atoms with Gasteiger partial charge in [0, 0.05) is 0 Å². The minimum Gasteiger partial charge on any atom is -0.319 e. The molecule has 70 valence electrons. The van der Waals surface area contributed by atoms with Crippen LogP contribution in [-0.4, -0.2) is 8.75 Å². The van der Waals surface area contributed by atoms with E-state index in [1.165, 1.54) is 36.6 Å². The first-order valence-corrected chi connectivity index (χ1v) is 5.33. The van der Waals surface area contributed by atoms with E-state index in [0.717, 1.165) is 12.1 Å². The highest BCUT2D eigenvalue weighted by atomic mass is 32.1. The van der Waals surface area contributed by atoms with Gasteiger partial charge in [0.15, 0.2) is 0 Å². The van der Waals surface area contributed by atoms with Crippen LogP contribution < -0.4 is 5.73 Å². The molecule has 2 rings (SSSR count). The molecule has 2 N–H and O–H groups in total. The van der Waals surface area contributed by atoms with E-state index in [0.29, 0.717) is 0 Å². The molecule has 13 heavy (non-hydrogen) atoms. The van der Waals surface area contributed by atoms with Crippen LogP contribution in [0.2, 0.25) is 0 Å². The molecule has 0 bridgehead atoms. The summed E-state index contributed by atoms with van der Waals surface area (Å²) in [5.41, 5.74) is 8.30. The van der Waals surface area contributed by atoms with E-state index in [1.54, 1.807) is 6.20 Å². The van der Waals surface area contributed by atoms with Crippen LogP contribution >= 0.6 is 11.7 Å². The Labute approximate surface area is 82.0 Å². The maximum Gasteiger partial charge on any atom is 0.0952 e. The van der Waals surface area contributed by atoms with Crippen molar-refractivity contribution in [1.82, 2.24) is 8.75 Å². The summed E-state index contributed by atoms with van der Waals surface area (Å²) in [7, 11) is 0. The van der Waals surface area contributed by atoms with Crippen LogP contribution in [0.25, 0.3) is 0 Å². The zero-order valence-corrected chi connectivity index (χ0v) is 8.26. The van der Waals surface area contributed by atoms with Gasteiger partial charge in [0.1, 0.15) is 0 Å². The predicted molar refractivity (Wildman–Crippen MR) is 53.4 cm³/mol. The number of allylic oxidation sites excluding steroid dienone is 1. The first-order chi connectivity index (χ1) is 6.38. The fraction of sp³-hybridized carbons (Fsp3) is 0.556. The quantitative estimate of drug-likeness (QED) is 0.735. The molecule has 0 aliphatic heterocycles. The molecule has 0 amide bonds. The van der Waals surface area contributed by atoms with Gasteiger partial charge in [-0.15, -0.1) is 0 Å². The maximum absolute atomic E-state index is 6.05. The van der Waals surface area contributed by atoms with Crippen molar-refractivity contribution in [3.8, 4) is 0 Å². The summed E-state index contributed by atoms with van der Waals surface area (Å²) in [6.07, 6.45) is 8.88. The SMILES string of the molecule is NC(C1=CCCCC1)c1cnsn1. The highest BCUT2D eigenvalue weighted by Gasteiger charge is 2.15. The van der Waals surface area contributed by atoms with E-state index < -0.39 is 0 Å². The van der Waals surface area contributed by atoms with Gasteiger partial charge in [0.25, 0.3) is 0 Å². The van der Waals surface area contributed by atoms with E-state index in [-0.39, 0.29) is 6.04 Å². The Bertz CT molecular complexity index is 292. The summed E-state index contributed by atoms with van der Waals surface area (Å²) >= 11 is 1.22. The molecule has 4 heteroatoms. The first-order valence-electron chi connectivity index (χ1n) is 4.60. The lowest BCUT2D eigenvalue weighted by Crippen LogP contribution is -2.15. The van der Waals surface area contributed by atoms with Crippen LogP contribution in [0.4, 0.5) is 0 Å². The molecule has 0 fully saturated rings. The van der Waals surface area contributed by atoms with E-state index in [2.05, 4.69) is 14.8 Å². The predicted octanol–water partition coefficient (Wildman–Crippen LogP) is 2.04. The van der Waals surface area contributed by atoms with Crippen molar-refractivity contribution in [3.05, 3.63) is 23.5 Å². The van der Waals surface area contributed by atoms with E-state index >= 15 is 0 Å². The van der Waals surface area contributed by atoms with Crippen molar-refractivity contribution < 1.29 is 0 Å². The normalized spacial score (nSPS) is 19.6. The van der Waals surface area contributed by atoms with Gasteiger partial charge in [-0.25, -0.2) is 0 Å². The topological polar surface area (TPSA) is 51.8 Å². The lowest BCUT2D eigenvalue weighted by molar-refractivity contribution is 0.643. The molecular weight excluding hydrogens is 182 g/mol. The smallest absolute Gasteiger partial charge is 0.0952 e. The third-order valence-electron chi connectivity index (χ3n) is 2.42. The van der Waals surface area contributed by atoms with E-state index in [1.807, 2.05) is 0 Å². The van der Waals surface area contributed by atoms with Gasteiger partial charge in [-0.1, -0.05) is 11.6 Å². The van der Waals surface area contributed by atoms with Crippen LogP contribution in [-0.2, 0) is 0 Å². The molecule has 1 aromatic heterocycles. The van der Waals surface area contributed by atoms with Gasteiger partial charge in [-0.05, 0) is 25.7 Å². The van der Waals surface area contributed by atoms with Gasteiger partial charge >= 0.3 is 0 Å². The molecule has 3 nitrogen and oxygen atoms in total.